The first-order valence-corrected chi connectivity index (χ1v) is 3.40. The number of rotatable bonds is 0. The predicted octanol–water partition coefficient (Wildman–Crippen LogP) is -0.0913. The van der Waals surface area contributed by atoms with Gasteiger partial charge in [-0.15, -0.1) is 0 Å². The first kappa shape index (κ1) is 9.21. The number of ether oxygens (including phenoxy) is 2. The van der Waals surface area contributed by atoms with Crippen molar-refractivity contribution in [2.75, 3.05) is 13.2 Å². The van der Waals surface area contributed by atoms with E-state index in [1.807, 2.05) is 12.1 Å². The summed E-state index contributed by atoms with van der Waals surface area (Å²) in [6.45, 7) is 0.486. The highest BCUT2D eigenvalue weighted by Gasteiger charge is 2.30. The van der Waals surface area contributed by atoms with E-state index in [9.17, 15) is 0 Å². The summed E-state index contributed by atoms with van der Waals surface area (Å²) in [5.74, 6) is 0. The van der Waals surface area contributed by atoms with Crippen molar-refractivity contribution < 1.29 is 24.1 Å². The minimum atomic E-state index is -2.31. The molecule has 68 valence electrons. The predicted molar refractivity (Wildman–Crippen MR) is 37.8 cm³/mol. The fraction of sp³-hybridized carbons (Fsp3) is 0.429. The van der Waals surface area contributed by atoms with Crippen LogP contribution in [-0.2, 0) is 9.47 Å². The van der Waals surface area contributed by atoms with Gasteiger partial charge in [-0.2, -0.15) is 0 Å². The van der Waals surface area contributed by atoms with E-state index in [1.165, 1.54) is 0 Å². The summed E-state index contributed by atoms with van der Waals surface area (Å²) < 4.78 is 13.0. The Kier molecular flexibility index (Phi) is 3.24. The average molecular weight is 174 g/mol. The van der Waals surface area contributed by atoms with E-state index < -0.39 is 6.16 Å². The van der Waals surface area contributed by atoms with Crippen LogP contribution in [0.1, 0.15) is 0 Å². The molecule has 2 heterocycles. The Morgan fingerprint density at radius 1 is 1.00 bits per heavy atom. The van der Waals surface area contributed by atoms with Crippen molar-refractivity contribution in [2.24, 2.45) is 0 Å². The lowest BCUT2D eigenvalue weighted by molar-refractivity contribution is -0.429. The molecule has 0 unspecified atom stereocenters. The van der Waals surface area contributed by atoms with E-state index in [1.54, 1.807) is 12.5 Å². The number of furan rings is 1. The van der Waals surface area contributed by atoms with Crippen molar-refractivity contribution in [1.82, 2.24) is 0 Å². The van der Waals surface area contributed by atoms with Crippen molar-refractivity contribution in [3.05, 3.63) is 24.7 Å². The zero-order valence-corrected chi connectivity index (χ0v) is 6.34. The Labute approximate surface area is 69.1 Å². The molecule has 0 bridgehead atoms. The largest absolute Gasteiger partial charge is 0.473 e. The van der Waals surface area contributed by atoms with Crippen LogP contribution < -0.4 is 0 Å². The second-order valence-corrected chi connectivity index (χ2v) is 2.04. The second kappa shape index (κ2) is 4.22. The maximum atomic E-state index is 8.31. The molecule has 1 aromatic rings. The van der Waals surface area contributed by atoms with E-state index >= 15 is 0 Å². The lowest BCUT2D eigenvalue weighted by Crippen LogP contribution is -2.27. The molecule has 0 aromatic carbocycles. The van der Waals surface area contributed by atoms with Gasteiger partial charge in [-0.1, -0.05) is 0 Å². The first-order valence-electron chi connectivity index (χ1n) is 3.40. The van der Waals surface area contributed by atoms with Crippen LogP contribution in [-0.4, -0.2) is 29.6 Å². The van der Waals surface area contributed by atoms with E-state index in [-0.39, 0.29) is 13.2 Å². The van der Waals surface area contributed by atoms with Gasteiger partial charge >= 0.3 is 6.16 Å². The lowest BCUT2D eigenvalue weighted by atomic mass is 10.7. The monoisotopic (exact) mass is 174 g/mol. The fourth-order valence-electron chi connectivity index (χ4n) is 0.618. The van der Waals surface area contributed by atoms with Gasteiger partial charge in [-0.25, -0.2) is 0 Å². The highest BCUT2D eigenvalue weighted by Crippen LogP contribution is 2.09. The Bertz CT molecular complexity index is 168. The van der Waals surface area contributed by atoms with Crippen LogP contribution in [0.15, 0.2) is 29.1 Å². The van der Waals surface area contributed by atoms with Crippen LogP contribution in [0, 0.1) is 0 Å². The number of aliphatic hydroxyl groups is 2. The van der Waals surface area contributed by atoms with Crippen LogP contribution in [0.4, 0.5) is 0 Å². The molecule has 0 saturated carbocycles. The van der Waals surface area contributed by atoms with Crippen molar-refractivity contribution in [3.63, 3.8) is 0 Å². The van der Waals surface area contributed by atoms with Crippen LogP contribution in [0.2, 0.25) is 0 Å². The smallest absolute Gasteiger partial charge is 0.407 e. The molecule has 1 aromatic heterocycles. The highest BCUT2D eigenvalue weighted by atomic mass is 17.0. The summed E-state index contributed by atoms with van der Waals surface area (Å²) in [5.41, 5.74) is 0. The number of hydrogen-bond donors (Lipinski definition) is 2. The minimum Gasteiger partial charge on any atom is -0.473 e. The standard InChI is InChI=1S/C4H4O.C3H6O4/c1-2-4-5-3-1;4-3(5)6-1-2-7-3/h1-4H;4-5H,1-2H2. The molecule has 2 rings (SSSR count). The molecule has 0 atom stereocenters. The molecule has 1 aliphatic rings. The van der Waals surface area contributed by atoms with E-state index in [4.69, 9.17) is 10.2 Å². The summed E-state index contributed by atoms with van der Waals surface area (Å²) in [6.07, 6.45) is 0.944. The molecule has 5 nitrogen and oxygen atoms in total. The van der Waals surface area contributed by atoms with E-state index in [0.717, 1.165) is 0 Å². The summed E-state index contributed by atoms with van der Waals surface area (Å²) in [7, 11) is 0. The van der Waals surface area contributed by atoms with Gasteiger partial charge in [-0.05, 0) is 12.1 Å². The molecule has 5 heteroatoms. The Hall–Kier alpha value is -0.880. The van der Waals surface area contributed by atoms with Gasteiger partial charge in [0.05, 0.1) is 25.7 Å². The molecule has 0 spiro atoms. The lowest BCUT2D eigenvalue weighted by Gasteiger charge is -2.08. The van der Waals surface area contributed by atoms with Crippen molar-refractivity contribution >= 4 is 0 Å². The molecule has 0 amide bonds. The average Bonchev–Trinajstić information content (AvgIpc) is 2.60. The van der Waals surface area contributed by atoms with Crippen LogP contribution in [0.25, 0.3) is 0 Å². The normalized spacial score (nSPS) is 19.8. The van der Waals surface area contributed by atoms with Gasteiger partial charge < -0.3 is 24.1 Å². The quantitative estimate of drug-likeness (QED) is 0.538. The Balaban J connectivity index is 0.000000127. The molecule has 0 radical (unpaired) electrons. The molecule has 12 heavy (non-hydrogen) atoms. The topological polar surface area (TPSA) is 72.1 Å². The Morgan fingerprint density at radius 3 is 1.67 bits per heavy atom. The van der Waals surface area contributed by atoms with E-state index in [0.29, 0.717) is 0 Å². The van der Waals surface area contributed by atoms with Gasteiger partial charge in [0.1, 0.15) is 0 Å². The molecule has 1 saturated heterocycles. The van der Waals surface area contributed by atoms with Crippen LogP contribution >= 0.6 is 0 Å². The maximum absolute atomic E-state index is 8.31. The van der Waals surface area contributed by atoms with Gasteiger partial charge in [0.25, 0.3) is 0 Å². The molecule has 1 aliphatic heterocycles. The maximum Gasteiger partial charge on any atom is 0.407 e. The SMILES string of the molecule is OC1(O)OCCO1.c1ccoc1. The molecular formula is C7H10O5. The van der Waals surface area contributed by atoms with Crippen molar-refractivity contribution in [3.8, 4) is 0 Å². The summed E-state index contributed by atoms with van der Waals surface area (Å²) in [4.78, 5) is 0. The van der Waals surface area contributed by atoms with Gasteiger partial charge in [-0.3, -0.25) is 0 Å². The minimum absolute atomic E-state index is 0.243. The van der Waals surface area contributed by atoms with Gasteiger partial charge in [0.15, 0.2) is 0 Å². The zero-order valence-electron chi connectivity index (χ0n) is 6.34. The van der Waals surface area contributed by atoms with Crippen molar-refractivity contribution in [2.45, 2.75) is 6.16 Å². The number of hydrogen-bond acceptors (Lipinski definition) is 5. The zero-order chi connectivity index (χ0) is 8.86. The van der Waals surface area contributed by atoms with Crippen LogP contribution in [0.3, 0.4) is 0 Å². The first-order chi connectivity index (χ1) is 5.71. The molecule has 0 aliphatic carbocycles. The third kappa shape index (κ3) is 3.49. The summed E-state index contributed by atoms with van der Waals surface area (Å²) >= 11 is 0. The third-order valence-corrected chi connectivity index (χ3v) is 1.09. The Morgan fingerprint density at radius 2 is 1.50 bits per heavy atom. The summed E-state index contributed by atoms with van der Waals surface area (Å²) in [5, 5.41) is 16.6. The van der Waals surface area contributed by atoms with Crippen molar-refractivity contribution in [1.29, 1.82) is 0 Å². The fourth-order valence-corrected chi connectivity index (χ4v) is 0.618. The van der Waals surface area contributed by atoms with E-state index in [2.05, 4.69) is 13.9 Å². The summed E-state index contributed by atoms with van der Waals surface area (Å²) in [6, 6.07) is 3.67. The molecule has 1 fully saturated rings. The second-order valence-electron chi connectivity index (χ2n) is 2.04. The molecular weight excluding hydrogens is 164 g/mol. The van der Waals surface area contributed by atoms with Gasteiger partial charge in [0, 0.05) is 0 Å². The third-order valence-electron chi connectivity index (χ3n) is 1.09. The van der Waals surface area contributed by atoms with Gasteiger partial charge in [0.2, 0.25) is 0 Å². The molecule has 2 N–H and O–H groups in total. The van der Waals surface area contributed by atoms with Crippen LogP contribution in [0.5, 0.6) is 0 Å². The highest BCUT2D eigenvalue weighted by molar-refractivity contribution is 4.79.